The number of aliphatic carboxylic acids is 1. The summed E-state index contributed by atoms with van der Waals surface area (Å²) in [6, 6.07) is 6.98. The van der Waals surface area contributed by atoms with Crippen molar-refractivity contribution in [3.63, 3.8) is 0 Å². The van der Waals surface area contributed by atoms with E-state index >= 15 is 0 Å². The Morgan fingerprint density at radius 1 is 1.07 bits per heavy atom. The monoisotopic (exact) mass is 402 g/mol. The van der Waals surface area contributed by atoms with Gasteiger partial charge in [-0.05, 0) is 36.4 Å². The van der Waals surface area contributed by atoms with Gasteiger partial charge in [-0.15, -0.1) is 0 Å². The molecule has 9 heteroatoms. The van der Waals surface area contributed by atoms with Crippen molar-refractivity contribution in [2.24, 2.45) is 0 Å². The van der Waals surface area contributed by atoms with Crippen LogP contribution in [0.1, 0.15) is 33.8 Å². The van der Waals surface area contributed by atoms with Crippen molar-refractivity contribution in [1.29, 1.82) is 0 Å². The lowest BCUT2D eigenvalue weighted by Gasteiger charge is -2.44. The molecule has 2 aromatic rings. The van der Waals surface area contributed by atoms with E-state index in [-0.39, 0.29) is 49.8 Å². The number of amides is 2. The number of carbonyl (C=O) groups is 3. The number of likely N-dealkylation sites (tertiary alicyclic amines) is 1. The second-order valence-electron chi connectivity index (χ2n) is 7.06. The van der Waals surface area contributed by atoms with Crippen LogP contribution in [-0.4, -0.2) is 64.2 Å². The van der Waals surface area contributed by atoms with E-state index in [1.807, 2.05) is 0 Å². The van der Waals surface area contributed by atoms with Gasteiger partial charge in [-0.2, -0.15) is 0 Å². The Balaban J connectivity index is 1.57. The molecular weight excluding hydrogens is 383 g/mol. The van der Waals surface area contributed by atoms with E-state index in [1.54, 1.807) is 17.0 Å². The highest BCUT2D eigenvalue weighted by molar-refractivity contribution is 5.97. The molecule has 2 saturated heterocycles. The van der Waals surface area contributed by atoms with E-state index < -0.39 is 29.5 Å². The predicted molar refractivity (Wildman–Crippen MR) is 96.5 cm³/mol. The van der Waals surface area contributed by atoms with Crippen molar-refractivity contribution >= 4 is 17.8 Å². The molecule has 29 heavy (non-hydrogen) atoms. The lowest BCUT2D eigenvalue weighted by molar-refractivity contribution is -0.143. The average Bonchev–Trinajstić information content (AvgIpc) is 3.37. The molecule has 1 N–H and O–H groups in total. The fraction of sp³-hybridized carbons (Fsp3) is 0.350. The van der Waals surface area contributed by atoms with E-state index in [0.29, 0.717) is 0 Å². The van der Waals surface area contributed by atoms with Crippen molar-refractivity contribution in [2.45, 2.75) is 24.6 Å². The summed E-state index contributed by atoms with van der Waals surface area (Å²) in [6.07, 6.45) is 1.94. The Kier molecular flexibility index (Phi) is 4.83. The quantitative estimate of drug-likeness (QED) is 0.843. The van der Waals surface area contributed by atoms with Gasteiger partial charge in [-0.3, -0.25) is 14.5 Å². The minimum atomic E-state index is -1.17. The number of piperidine rings is 1. The predicted octanol–water partition coefficient (Wildman–Crippen LogP) is 1.98. The van der Waals surface area contributed by atoms with E-state index in [4.69, 9.17) is 9.15 Å². The van der Waals surface area contributed by atoms with E-state index in [1.165, 1.54) is 23.3 Å². The number of carbonyl (C=O) groups excluding carboxylic acids is 2. The molecule has 2 fully saturated rings. The molecule has 2 aliphatic rings. The molecule has 152 valence electrons. The molecule has 1 aromatic carbocycles. The second-order valence-corrected chi connectivity index (χ2v) is 7.06. The molecule has 0 aliphatic carbocycles. The Morgan fingerprint density at radius 2 is 1.76 bits per heavy atom. The third-order valence-electron chi connectivity index (χ3n) is 5.42. The van der Waals surface area contributed by atoms with Gasteiger partial charge in [-0.1, -0.05) is 0 Å². The number of carboxylic acid groups (broad SMARTS) is 1. The molecular formula is C20H19FN2O6. The molecule has 1 atom stereocenters. The summed E-state index contributed by atoms with van der Waals surface area (Å²) in [6.45, 7) is 0.409. The number of hydrogen-bond donors (Lipinski definition) is 1. The standard InChI is InChI=1S/C20H19FN2O6/c21-14-5-3-13(4-6-14)17(24)23-15(19(26)27)12-29-20(23)7-9-22(10-8-20)18(25)16-2-1-11-28-16/h1-6,11,15H,7-10,12H2,(H,26,27)/t15-/m0/s1. The first kappa shape index (κ1) is 19.1. The van der Waals surface area contributed by atoms with Crippen LogP contribution in [0.5, 0.6) is 0 Å². The number of nitrogens with zero attached hydrogens (tertiary/aromatic N) is 2. The first-order valence-corrected chi connectivity index (χ1v) is 9.20. The number of rotatable bonds is 3. The maximum atomic E-state index is 13.2. The van der Waals surface area contributed by atoms with Crippen LogP contribution in [0.3, 0.4) is 0 Å². The third-order valence-corrected chi connectivity index (χ3v) is 5.42. The van der Waals surface area contributed by atoms with Gasteiger partial charge in [0.25, 0.3) is 11.8 Å². The summed E-state index contributed by atoms with van der Waals surface area (Å²) in [5.74, 6) is -2.26. The summed E-state index contributed by atoms with van der Waals surface area (Å²) in [4.78, 5) is 40.2. The fourth-order valence-corrected chi connectivity index (χ4v) is 3.90. The van der Waals surface area contributed by atoms with Crippen LogP contribution in [-0.2, 0) is 9.53 Å². The zero-order valence-electron chi connectivity index (χ0n) is 15.4. The van der Waals surface area contributed by atoms with Crippen molar-refractivity contribution in [2.75, 3.05) is 19.7 Å². The Morgan fingerprint density at radius 3 is 2.34 bits per heavy atom. The molecule has 0 unspecified atom stereocenters. The van der Waals surface area contributed by atoms with Gasteiger partial charge < -0.3 is 19.2 Å². The van der Waals surface area contributed by atoms with Crippen LogP contribution in [0.4, 0.5) is 4.39 Å². The summed E-state index contributed by atoms with van der Waals surface area (Å²) >= 11 is 0. The number of furan rings is 1. The van der Waals surface area contributed by atoms with Gasteiger partial charge in [0.1, 0.15) is 11.5 Å². The molecule has 0 bridgehead atoms. The summed E-state index contributed by atoms with van der Waals surface area (Å²) in [5, 5.41) is 9.59. The highest BCUT2D eigenvalue weighted by atomic mass is 19.1. The first-order chi connectivity index (χ1) is 13.9. The summed E-state index contributed by atoms with van der Waals surface area (Å²) in [5.41, 5.74) is -0.953. The number of benzene rings is 1. The normalized spacial score (nSPS) is 20.8. The maximum absolute atomic E-state index is 13.2. The van der Waals surface area contributed by atoms with Crippen LogP contribution in [0.25, 0.3) is 0 Å². The number of halogens is 1. The summed E-state index contributed by atoms with van der Waals surface area (Å²) < 4.78 is 24.2. The van der Waals surface area contributed by atoms with Gasteiger partial charge in [0, 0.05) is 31.5 Å². The Hall–Kier alpha value is -3.20. The number of ether oxygens (including phenoxy) is 1. The van der Waals surface area contributed by atoms with Crippen LogP contribution >= 0.6 is 0 Å². The maximum Gasteiger partial charge on any atom is 0.328 e. The lowest BCUT2D eigenvalue weighted by atomic mass is 9.96. The molecule has 2 aliphatic heterocycles. The Bertz CT molecular complexity index is 919. The first-order valence-electron chi connectivity index (χ1n) is 9.20. The SMILES string of the molecule is O=C(O)[C@@H]1COC2(CCN(C(=O)c3ccco3)CC2)N1C(=O)c1ccc(F)cc1. The topological polar surface area (TPSA) is 100 Å². The molecule has 1 aromatic heterocycles. The highest BCUT2D eigenvalue weighted by Crippen LogP contribution is 2.38. The van der Waals surface area contributed by atoms with Gasteiger partial charge in [-0.25, -0.2) is 9.18 Å². The van der Waals surface area contributed by atoms with Crippen molar-refractivity contribution in [3.05, 3.63) is 59.8 Å². The highest BCUT2D eigenvalue weighted by Gasteiger charge is 2.54. The van der Waals surface area contributed by atoms with E-state index in [0.717, 1.165) is 12.1 Å². The largest absolute Gasteiger partial charge is 0.480 e. The zero-order valence-corrected chi connectivity index (χ0v) is 15.4. The van der Waals surface area contributed by atoms with Gasteiger partial charge in [0.15, 0.2) is 11.8 Å². The second kappa shape index (κ2) is 7.32. The molecule has 0 saturated carbocycles. The van der Waals surface area contributed by atoms with Gasteiger partial charge in [0.05, 0.1) is 12.9 Å². The number of carboxylic acids is 1. The average molecular weight is 402 g/mol. The fourth-order valence-electron chi connectivity index (χ4n) is 3.90. The molecule has 8 nitrogen and oxygen atoms in total. The number of hydrogen-bond acceptors (Lipinski definition) is 5. The molecule has 0 radical (unpaired) electrons. The minimum Gasteiger partial charge on any atom is -0.480 e. The van der Waals surface area contributed by atoms with Gasteiger partial charge in [0.2, 0.25) is 0 Å². The van der Waals surface area contributed by atoms with E-state index in [9.17, 15) is 23.9 Å². The molecule has 4 rings (SSSR count). The molecule has 3 heterocycles. The van der Waals surface area contributed by atoms with Crippen LogP contribution in [0.15, 0.2) is 47.1 Å². The van der Waals surface area contributed by atoms with Crippen LogP contribution in [0, 0.1) is 5.82 Å². The zero-order chi connectivity index (χ0) is 20.6. The lowest BCUT2D eigenvalue weighted by Crippen LogP contribution is -2.58. The van der Waals surface area contributed by atoms with Crippen molar-refractivity contribution in [1.82, 2.24) is 9.80 Å². The van der Waals surface area contributed by atoms with Crippen molar-refractivity contribution < 1.29 is 33.0 Å². The van der Waals surface area contributed by atoms with Crippen LogP contribution < -0.4 is 0 Å². The Labute approximate surface area is 165 Å². The minimum absolute atomic E-state index is 0.144. The smallest absolute Gasteiger partial charge is 0.328 e. The van der Waals surface area contributed by atoms with Crippen LogP contribution in [0.2, 0.25) is 0 Å². The third kappa shape index (κ3) is 3.38. The summed E-state index contributed by atoms with van der Waals surface area (Å²) in [7, 11) is 0. The molecule has 1 spiro atoms. The van der Waals surface area contributed by atoms with Crippen molar-refractivity contribution in [3.8, 4) is 0 Å². The molecule has 2 amide bonds. The van der Waals surface area contributed by atoms with Gasteiger partial charge >= 0.3 is 5.97 Å². The van der Waals surface area contributed by atoms with E-state index in [2.05, 4.69) is 0 Å².